The van der Waals surface area contributed by atoms with Gasteiger partial charge in [-0.25, -0.2) is 0 Å². The van der Waals surface area contributed by atoms with Gasteiger partial charge in [-0.3, -0.25) is 14.4 Å². The molecule has 6 nitrogen and oxygen atoms in total. The second-order valence-corrected chi connectivity index (χ2v) is 7.43. The summed E-state index contributed by atoms with van der Waals surface area (Å²) in [4.78, 5) is 39.1. The Bertz CT molecular complexity index is 596. The molecule has 0 spiro atoms. The average Bonchev–Trinajstić information content (AvgIpc) is 2.92. The zero-order valence-corrected chi connectivity index (χ0v) is 14.4. The van der Waals surface area contributed by atoms with E-state index in [1.54, 1.807) is 24.1 Å². The van der Waals surface area contributed by atoms with Gasteiger partial charge in [0.25, 0.3) is 0 Å². The van der Waals surface area contributed by atoms with Gasteiger partial charge in [0.15, 0.2) is 0 Å². The third kappa shape index (κ3) is 4.94. The van der Waals surface area contributed by atoms with Crippen LogP contribution in [0.1, 0.15) is 17.7 Å². The number of nitrogens with zero attached hydrogens (tertiary/aromatic N) is 2. The first-order valence-electron chi connectivity index (χ1n) is 7.35. The van der Waals surface area contributed by atoms with E-state index in [0.717, 1.165) is 4.88 Å². The number of carbonyl (C=O) groups excluding carboxylic acids is 2. The zero-order valence-electron chi connectivity index (χ0n) is 12.8. The van der Waals surface area contributed by atoms with E-state index in [1.165, 1.54) is 16.2 Å². The maximum atomic E-state index is 12.2. The van der Waals surface area contributed by atoms with Gasteiger partial charge in [-0.05, 0) is 25.0 Å². The number of rotatable bonds is 5. The summed E-state index contributed by atoms with van der Waals surface area (Å²) in [5, 5.41) is 8.96. The van der Waals surface area contributed by atoms with E-state index in [1.807, 2.05) is 0 Å². The summed E-state index contributed by atoms with van der Waals surface area (Å²) in [5.74, 6) is -1.47. The Morgan fingerprint density at radius 3 is 2.52 bits per heavy atom. The van der Waals surface area contributed by atoms with Crippen LogP contribution in [-0.2, 0) is 20.8 Å². The molecule has 2 amide bonds. The average molecular weight is 359 g/mol. The fourth-order valence-corrected chi connectivity index (χ4v) is 3.58. The molecule has 1 aliphatic rings. The first kappa shape index (κ1) is 17.7. The number of hydrogen-bond acceptors (Lipinski definition) is 4. The number of amides is 2. The lowest BCUT2D eigenvalue weighted by Crippen LogP contribution is -2.45. The smallest absolute Gasteiger partial charge is 0.306 e. The van der Waals surface area contributed by atoms with Crippen molar-refractivity contribution in [1.29, 1.82) is 0 Å². The molecule has 1 fully saturated rings. The van der Waals surface area contributed by atoms with Crippen LogP contribution >= 0.6 is 22.9 Å². The zero-order chi connectivity index (χ0) is 17.0. The first-order chi connectivity index (χ1) is 10.9. The molecule has 23 heavy (non-hydrogen) atoms. The maximum absolute atomic E-state index is 12.2. The Labute approximate surface area is 143 Å². The van der Waals surface area contributed by atoms with E-state index in [9.17, 15) is 14.4 Å². The van der Waals surface area contributed by atoms with Crippen LogP contribution in [0.3, 0.4) is 0 Å². The highest BCUT2D eigenvalue weighted by Crippen LogP contribution is 2.22. The third-order valence-corrected chi connectivity index (χ3v) is 5.18. The minimum absolute atomic E-state index is 0.00960. The molecule has 1 aromatic heterocycles. The number of carbonyl (C=O) groups is 3. The van der Waals surface area contributed by atoms with Crippen molar-refractivity contribution in [3.63, 3.8) is 0 Å². The quantitative estimate of drug-likeness (QED) is 0.869. The highest BCUT2D eigenvalue weighted by Gasteiger charge is 2.27. The molecule has 1 saturated heterocycles. The van der Waals surface area contributed by atoms with E-state index in [4.69, 9.17) is 16.7 Å². The summed E-state index contributed by atoms with van der Waals surface area (Å²) >= 11 is 7.18. The molecular formula is C15H19ClN2O4S. The standard InChI is InChI=1S/C15H19ClN2O4S/c1-17(13(19)8-11-2-3-12(16)23-11)9-14(20)18-6-4-10(5-7-18)15(21)22/h2-3,10H,4-9H2,1H3,(H,21,22). The normalized spacial score (nSPS) is 15.5. The van der Waals surface area contributed by atoms with Crippen LogP contribution in [0, 0.1) is 5.92 Å². The van der Waals surface area contributed by atoms with Crippen LogP contribution in [0.4, 0.5) is 0 Å². The number of likely N-dealkylation sites (N-methyl/N-ethyl adjacent to an activating group) is 1. The van der Waals surface area contributed by atoms with Crippen LogP contribution in [0.5, 0.6) is 0 Å². The Kier molecular flexibility index (Phi) is 6.01. The van der Waals surface area contributed by atoms with Crippen molar-refractivity contribution >= 4 is 40.7 Å². The SMILES string of the molecule is CN(CC(=O)N1CCC(C(=O)O)CC1)C(=O)Cc1ccc(Cl)s1. The number of hydrogen-bond donors (Lipinski definition) is 1. The molecule has 8 heteroatoms. The van der Waals surface area contributed by atoms with Crippen molar-refractivity contribution in [3.05, 3.63) is 21.3 Å². The van der Waals surface area contributed by atoms with Crippen molar-refractivity contribution in [2.75, 3.05) is 26.7 Å². The van der Waals surface area contributed by atoms with Gasteiger partial charge in [-0.15, -0.1) is 11.3 Å². The third-order valence-electron chi connectivity index (χ3n) is 3.95. The summed E-state index contributed by atoms with van der Waals surface area (Å²) in [7, 11) is 1.60. The molecule has 2 rings (SSSR count). The summed E-state index contributed by atoms with van der Waals surface area (Å²) in [6.07, 6.45) is 1.15. The molecule has 0 atom stereocenters. The van der Waals surface area contributed by atoms with Crippen LogP contribution < -0.4 is 0 Å². The van der Waals surface area contributed by atoms with E-state index in [2.05, 4.69) is 0 Å². The summed E-state index contributed by atoms with van der Waals surface area (Å²) in [6, 6.07) is 3.55. The number of thiophene rings is 1. The summed E-state index contributed by atoms with van der Waals surface area (Å²) < 4.78 is 0.632. The number of halogens is 1. The molecule has 0 unspecified atom stereocenters. The molecular weight excluding hydrogens is 340 g/mol. The number of carboxylic acid groups (broad SMARTS) is 1. The van der Waals surface area contributed by atoms with E-state index in [0.29, 0.717) is 30.3 Å². The van der Waals surface area contributed by atoms with Crippen LogP contribution in [0.2, 0.25) is 4.34 Å². The molecule has 0 aromatic carbocycles. The highest BCUT2D eigenvalue weighted by atomic mass is 35.5. The molecule has 1 N–H and O–H groups in total. The van der Waals surface area contributed by atoms with Gasteiger partial charge in [0.1, 0.15) is 0 Å². The highest BCUT2D eigenvalue weighted by molar-refractivity contribution is 7.16. The lowest BCUT2D eigenvalue weighted by Gasteiger charge is -2.31. The van der Waals surface area contributed by atoms with Gasteiger partial charge in [0, 0.05) is 25.0 Å². The van der Waals surface area contributed by atoms with Gasteiger partial charge >= 0.3 is 5.97 Å². The second kappa shape index (κ2) is 7.79. The number of aliphatic carboxylic acids is 1. The van der Waals surface area contributed by atoms with Crippen molar-refractivity contribution in [2.24, 2.45) is 5.92 Å². The summed E-state index contributed by atoms with van der Waals surface area (Å²) in [6.45, 7) is 0.867. The number of likely N-dealkylation sites (tertiary alicyclic amines) is 1. The van der Waals surface area contributed by atoms with Crippen LogP contribution in [0.25, 0.3) is 0 Å². The van der Waals surface area contributed by atoms with Gasteiger partial charge in [-0.1, -0.05) is 11.6 Å². The number of piperidine rings is 1. The topological polar surface area (TPSA) is 77.9 Å². The largest absolute Gasteiger partial charge is 0.481 e. The van der Waals surface area contributed by atoms with Crippen LogP contribution in [0.15, 0.2) is 12.1 Å². The van der Waals surface area contributed by atoms with Gasteiger partial charge in [0.05, 0.1) is 23.2 Å². The Balaban J connectivity index is 1.80. The van der Waals surface area contributed by atoms with Gasteiger partial charge < -0.3 is 14.9 Å². The Morgan fingerprint density at radius 2 is 2.00 bits per heavy atom. The lowest BCUT2D eigenvalue weighted by molar-refractivity contribution is -0.146. The second-order valence-electron chi connectivity index (χ2n) is 5.63. The van der Waals surface area contributed by atoms with E-state index < -0.39 is 5.97 Å². The molecule has 0 aliphatic carbocycles. The fourth-order valence-electron chi connectivity index (χ4n) is 2.50. The predicted molar refractivity (Wildman–Crippen MR) is 87.6 cm³/mol. The molecule has 2 heterocycles. The molecule has 0 bridgehead atoms. The van der Waals surface area contributed by atoms with E-state index in [-0.39, 0.29) is 30.7 Å². The fraction of sp³-hybridized carbons (Fsp3) is 0.533. The van der Waals surface area contributed by atoms with Crippen molar-refractivity contribution in [2.45, 2.75) is 19.3 Å². The molecule has 0 saturated carbocycles. The minimum Gasteiger partial charge on any atom is -0.481 e. The summed E-state index contributed by atoms with van der Waals surface area (Å²) in [5.41, 5.74) is 0. The molecule has 1 aromatic rings. The van der Waals surface area contributed by atoms with Crippen molar-refractivity contribution in [3.8, 4) is 0 Å². The predicted octanol–water partition coefficient (Wildman–Crippen LogP) is 1.73. The monoisotopic (exact) mass is 358 g/mol. The van der Waals surface area contributed by atoms with Gasteiger partial charge in [0.2, 0.25) is 11.8 Å². The van der Waals surface area contributed by atoms with Crippen LogP contribution in [-0.4, -0.2) is 59.4 Å². The minimum atomic E-state index is -0.806. The lowest BCUT2D eigenvalue weighted by atomic mass is 9.97. The molecule has 0 radical (unpaired) electrons. The Hall–Kier alpha value is -1.60. The van der Waals surface area contributed by atoms with E-state index >= 15 is 0 Å². The molecule has 1 aliphatic heterocycles. The number of carboxylic acids is 1. The Morgan fingerprint density at radius 1 is 1.35 bits per heavy atom. The molecule has 126 valence electrons. The van der Waals surface area contributed by atoms with Crippen molar-refractivity contribution < 1.29 is 19.5 Å². The first-order valence-corrected chi connectivity index (χ1v) is 8.55. The van der Waals surface area contributed by atoms with Gasteiger partial charge in [-0.2, -0.15) is 0 Å². The maximum Gasteiger partial charge on any atom is 0.306 e. The van der Waals surface area contributed by atoms with Crippen molar-refractivity contribution in [1.82, 2.24) is 9.80 Å².